The minimum Gasteiger partial charge on any atom is -0.455 e. The Hall–Kier alpha value is -5.28. The molecule has 5 heterocycles. The maximum absolute atomic E-state index is 7.00. The molecule has 0 aliphatic rings. The molecule has 0 spiro atoms. The van der Waals surface area contributed by atoms with Gasteiger partial charge in [-0.15, -0.1) is 0 Å². The average Bonchev–Trinajstić information content (AvgIpc) is 3.77. The summed E-state index contributed by atoms with van der Waals surface area (Å²) in [7, 11) is 0. The molecule has 5 aromatic heterocycles. The van der Waals surface area contributed by atoms with E-state index in [4.69, 9.17) is 4.42 Å². The number of hydrogen-bond acceptors (Lipinski definition) is 1. The average molecular weight is 495 g/mol. The van der Waals surface area contributed by atoms with E-state index >= 15 is 0 Å². The van der Waals surface area contributed by atoms with E-state index in [1.807, 2.05) is 0 Å². The summed E-state index contributed by atoms with van der Waals surface area (Å²) in [6.07, 6.45) is 0. The van der Waals surface area contributed by atoms with Crippen molar-refractivity contribution >= 4 is 98.1 Å². The van der Waals surface area contributed by atoms with Crippen LogP contribution in [-0.4, -0.2) is 8.80 Å². The summed E-state index contributed by atoms with van der Waals surface area (Å²) in [6.45, 7) is 0. The van der Waals surface area contributed by atoms with Crippen LogP contribution < -0.4 is 0 Å². The summed E-state index contributed by atoms with van der Waals surface area (Å²) in [5, 5.41) is 12.4. The van der Waals surface area contributed by atoms with Crippen LogP contribution in [0.4, 0.5) is 0 Å². The van der Waals surface area contributed by atoms with E-state index in [1.54, 1.807) is 0 Å². The lowest BCUT2D eigenvalue weighted by Gasteiger charge is -1.98. The molecule has 0 radical (unpaired) electrons. The first-order valence-corrected chi connectivity index (χ1v) is 13.5. The normalized spacial score (nSPS) is 13.1. The van der Waals surface area contributed by atoms with Gasteiger partial charge in [0.05, 0.1) is 43.9 Å². The van der Waals surface area contributed by atoms with Gasteiger partial charge in [-0.25, -0.2) is 0 Å². The number of hydrogen-bond donors (Lipinski definition) is 0. The Morgan fingerprint density at radius 3 is 1.28 bits per heavy atom. The van der Waals surface area contributed by atoms with Crippen molar-refractivity contribution in [1.29, 1.82) is 0 Å². The van der Waals surface area contributed by atoms with E-state index in [9.17, 15) is 0 Å². The Morgan fingerprint density at radius 2 is 0.769 bits per heavy atom. The van der Waals surface area contributed by atoms with Crippen molar-refractivity contribution in [2.75, 3.05) is 0 Å². The van der Waals surface area contributed by atoms with Crippen LogP contribution in [0.25, 0.3) is 98.1 Å². The number of furan rings is 1. The number of nitrogens with zero attached hydrogens (tertiary/aromatic N) is 2. The smallest absolute Gasteiger partial charge is 0.145 e. The first-order chi connectivity index (χ1) is 19.4. The monoisotopic (exact) mass is 494 g/mol. The summed E-state index contributed by atoms with van der Waals surface area (Å²) in [5.74, 6) is 0. The zero-order chi connectivity index (χ0) is 25.0. The van der Waals surface area contributed by atoms with Gasteiger partial charge < -0.3 is 13.2 Å². The zero-order valence-electron chi connectivity index (χ0n) is 20.7. The lowest BCUT2D eigenvalue weighted by molar-refractivity contribution is 0.677. The van der Waals surface area contributed by atoms with Crippen LogP contribution in [-0.2, 0) is 0 Å². The second-order valence-corrected chi connectivity index (χ2v) is 10.9. The topological polar surface area (TPSA) is 22.0 Å². The quantitative estimate of drug-likeness (QED) is 0.206. The van der Waals surface area contributed by atoms with Gasteiger partial charge in [0, 0.05) is 43.1 Å². The highest BCUT2D eigenvalue weighted by Crippen LogP contribution is 2.47. The summed E-state index contributed by atoms with van der Waals surface area (Å²) in [5.41, 5.74) is 9.39. The summed E-state index contributed by atoms with van der Waals surface area (Å²) < 4.78 is 11.8. The van der Waals surface area contributed by atoms with Crippen LogP contribution >= 0.6 is 0 Å². The van der Waals surface area contributed by atoms with Crippen molar-refractivity contribution in [2.45, 2.75) is 0 Å². The van der Waals surface area contributed by atoms with Crippen LogP contribution in [0.5, 0.6) is 0 Å². The van der Waals surface area contributed by atoms with Gasteiger partial charge in [-0.1, -0.05) is 72.8 Å². The molecule has 0 saturated carbocycles. The molecular formula is C36H18N2O. The molecule has 0 N–H and O–H groups in total. The molecule has 3 heteroatoms. The third kappa shape index (κ3) is 1.92. The SMILES string of the molecule is c1ccc2c(c1)c1cccc3c4c5oc6c(ccc7c6c6cccc8c9ccccc9n7c86)c5ccc4n2c13. The van der Waals surface area contributed by atoms with Gasteiger partial charge in [0.1, 0.15) is 11.2 Å². The van der Waals surface area contributed by atoms with Crippen LogP contribution in [0.15, 0.2) is 114 Å². The third-order valence-corrected chi connectivity index (χ3v) is 9.18. The number of aromatic nitrogens is 2. The summed E-state index contributed by atoms with van der Waals surface area (Å²) in [6, 6.07) is 39.8. The standard InChI is InChI=1S/C36H18N2O/c1-3-13-27-19(7-1)21-9-5-11-25-31-29(37(27)33(21)25)17-15-23-24-16-18-30-32(36(24)39-35(23)31)26-12-6-10-22-20-8-2-4-14-28(20)38(30)34(22)26/h1-18H. The van der Waals surface area contributed by atoms with Gasteiger partial charge in [-0.3, -0.25) is 0 Å². The molecule has 0 fully saturated rings. The molecule has 0 amide bonds. The van der Waals surface area contributed by atoms with Crippen molar-refractivity contribution in [3.63, 3.8) is 0 Å². The Morgan fingerprint density at radius 1 is 0.333 bits per heavy atom. The molecule has 0 aliphatic carbocycles. The molecule has 0 atom stereocenters. The predicted octanol–water partition coefficient (Wildman–Crippen LogP) is 9.89. The van der Waals surface area contributed by atoms with E-state index in [-0.39, 0.29) is 0 Å². The summed E-state index contributed by atoms with van der Waals surface area (Å²) in [4.78, 5) is 0. The van der Waals surface area contributed by atoms with Crippen molar-refractivity contribution in [3.05, 3.63) is 109 Å². The van der Waals surface area contributed by atoms with Crippen LogP contribution in [0.1, 0.15) is 0 Å². The Labute approximate surface area is 220 Å². The lowest BCUT2D eigenvalue weighted by atomic mass is 10.0. The van der Waals surface area contributed by atoms with Crippen LogP contribution in [0.3, 0.4) is 0 Å². The largest absolute Gasteiger partial charge is 0.455 e. The first kappa shape index (κ1) is 18.9. The first-order valence-electron chi connectivity index (χ1n) is 13.5. The van der Waals surface area contributed by atoms with Gasteiger partial charge in [-0.2, -0.15) is 0 Å². The maximum atomic E-state index is 7.00. The fourth-order valence-electron chi connectivity index (χ4n) is 7.72. The van der Waals surface area contributed by atoms with Crippen molar-refractivity contribution < 1.29 is 4.42 Å². The molecule has 3 nitrogen and oxygen atoms in total. The molecule has 178 valence electrons. The Kier molecular flexibility index (Phi) is 2.93. The number of para-hydroxylation sites is 4. The molecule has 0 unspecified atom stereocenters. The molecule has 0 saturated heterocycles. The van der Waals surface area contributed by atoms with Crippen molar-refractivity contribution in [3.8, 4) is 0 Å². The predicted molar refractivity (Wildman–Crippen MR) is 163 cm³/mol. The van der Waals surface area contributed by atoms with Gasteiger partial charge >= 0.3 is 0 Å². The second kappa shape index (κ2) is 6.06. The molecule has 11 rings (SSSR count). The zero-order valence-corrected chi connectivity index (χ0v) is 20.7. The number of fused-ring (bicyclic) bond motifs is 17. The van der Waals surface area contributed by atoms with Gasteiger partial charge in [0.25, 0.3) is 0 Å². The number of benzene rings is 6. The molecule has 11 aromatic rings. The third-order valence-electron chi connectivity index (χ3n) is 9.18. The fraction of sp³-hybridized carbons (Fsp3) is 0. The minimum atomic E-state index is 0.977. The minimum absolute atomic E-state index is 0.977. The van der Waals surface area contributed by atoms with Crippen molar-refractivity contribution in [2.24, 2.45) is 0 Å². The highest BCUT2D eigenvalue weighted by molar-refractivity contribution is 6.33. The van der Waals surface area contributed by atoms with Gasteiger partial charge in [-0.05, 0) is 36.4 Å². The van der Waals surface area contributed by atoms with E-state index in [0.717, 1.165) is 11.2 Å². The van der Waals surface area contributed by atoms with Gasteiger partial charge in [0.15, 0.2) is 0 Å². The van der Waals surface area contributed by atoms with Crippen LogP contribution in [0.2, 0.25) is 0 Å². The second-order valence-electron chi connectivity index (χ2n) is 10.9. The van der Waals surface area contributed by atoms with Crippen molar-refractivity contribution in [1.82, 2.24) is 8.80 Å². The molecule has 0 aliphatic heterocycles. The summed E-state index contributed by atoms with van der Waals surface area (Å²) >= 11 is 0. The Balaban J connectivity index is 1.39. The van der Waals surface area contributed by atoms with E-state index in [1.165, 1.54) is 87.0 Å². The molecule has 39 heavy (non-hydrogen) atoms. The van der Waals surface area contributed by atoms with E-state index in [0.29, 0.717) is 0 Å². The Bertz CT molecular complexity index is 2630. The molecular weight excluding hydrogens is 476 g/mol. The van der Waals surface area contributed by atoms with Crippen LogP contribution in [0, 0.1) is 0 Å². The highest BCUT2D eigenvalue weighted by atomic mass is 16.3. The lowest BCUT2D eigenvalue weighted by Crippen LogP contribution is -1.80. The molecule has 6 aromatic carbocycles. The maximum Gasteiger partial charge on any atom is 0.145 e. The van der Waals surface area contributed by atoms with E-state index in [2.05, 4.69) is 118 Å². The molecule has 0 bridgehead atoms. The fourth-order valence-corrected chi connectivity index (χ4v) is 7.72. The van der Waals surface area contributed by atoms with Gasteiger partial charge in [0.2, 0.25) is 0 Å². The highest BCUT2D eigenvalue weighted by Gasteiger charge is 2.24. The number of rotatable bonds is 0. The van der Waals surface area contributed by atoms with E-state index < -0.39 is 0 Å².